The van der Waals surface area contributed by atoms with Crippen molar-refractivity contribution in [3.8, 4) is 5.75 Å². The first-order valence-corrected chi connectivity index (χ1v) is 6.21. The van der Waals surface area contributed by atoms with E-state index in [1.54, 1.807) is 29.7 Å². The first-order chi connectivity index (χ1) is 7.63. The summed E-state index contributed by atoms with van der Waals surface area (Å²) in [5.41, 5.74) is 0.962. The Morgan fingerprint density at radius 1 is 1.44 bits per heavy atom. The maximum absolute atomic E-state index is 11.4. The van der Waals surface area contributed by atoms with Crippen LogP contribution in [0.15, 0.2) is 35.7 Å². The fourth-order valence-electron chi connectivity index (χ4n) is 1.24. The minimum atomic E-state index is -0.116. The molecule has 0 radical (unpaired) electrons. The Hall–Kier alpha value is -1.42. The van der Waals surface area contributed by atoms with Crippen LogP contribution in [0.2, 0.25) is 0 Å². The van der Waals surface area contributed by atoms with Gasteiger partial charge in [0.2, 0.25) is 5.91 Å². The molecule has 0 spiro atoms. The third kappa shape index (κ3) is 3.98. The number of amides is 1. The number of phenolic OH excluding ortho intramolecular Hbond substituents is 1. The van der Waals surface area contributed by atoms with Crippen molar-refractivity contribution in [2.75, 3.05) is 6.26 Å². The van der Waals surface area contributed by atoms with Crippen LogP contribution in [-0.2, 0) is 4.79 Å². The van der Waals surface area contributed by atoms with Gasteiger partial charge in [-0.3, -0.25) is 4.79 Å². The van der Waals surface area contributed by atoms with Gasteiger partial charge in [-0.15, -0.1) is 11.8 Å². The van der Waals surface area contributed by atoms with Crippen LogP contribution in [0.25, 0.3) is 0 Å². The second kappa shape index (κ2) is 6.23. The monoisotopic (exact) mass is 237 g/mol. The Labute approximate surface area is 99.6 Å². The molecule has 1 amide bonds. The summed E-state index contributed by atoms with van der Waals surface area (Å²) in [5.74, 6) is 0.111. The molecule has 0 saturated heterocycles. The van der Waals surface area contributed by atoms with Gasteiger partial charge in [-0.2, -0.15) is 0 Å². The number of rotatable bonds is 4. The average Bonchev–Trinajstić information content (AvgIpc) is 2.27. The molecular formula is C12H15NO2S. The Kier molecular flexibility index (Phi) is 4.92. The van der Waals surface area contributed by atoms with E-state index in [-0.39, 0.29) is 17.7 Å². The fourth-order valence-corrected chi connectivity index (χ4v) is 1.50. The average molecular weight is 237 g/mol. The van der Waals surface area contributed by atoms with Gasteiger partial charge in [0.25, 0.3) is 0 Å². The number of hydrogen-bond donors (Lipinski definition) is 2. The van der Waals surface area contributed by atoms with E-state index in [9.17, 15) is 4.79 Å². The van der Waals surface area contributed by atoms with Crippen LogP contribution in [0.5, 0.6) is 5.75 Å². The SMILES string of the molecule is CS/C=C\C(=O)NC(C)c1ccc(O)cc1. The third-order valence-corrected chi connectivity index (χ3v) is 2.52. The molecule has 0 aliphatic heterocycles. The molecule has 1 rings (SSSR count). The van der Waals surface area contributed by atoms with E-state index >= 15 is 0 Å². The number of carbonyl (C=O) groups is 1. The summed E-state index contributed by atoms with van der Waals surface area (Å²) in [5, 5.41) is 13.7. The van der Waals surface area contributed by atoms with E-state index in [4.69, 9.17) is 5.11 Å². The Morgan fingerprint density at radius 2 is 2.06 bits per heavy atom. The maximum Gasteiger partial charge on any atom is 0.244 e. The molecule has 0 aromatic heterocycles. The molecule has 86 valence electrons. The van der Waals surface area contributed by atoms with Crippen molar-refractivity contribution < 1.29 is 9.90 Å². The molecule has 0 heterocycles. The Balaban J connectivity index is 2.58. The number of thioether (sulfide) groups is 1. The van der Waals surface area contributed by atoms with Crippen molar-refractivity contribution in [1.29, 1.82) is 0 Å². The normalized spacial score (nSPS) is 12.6. The lowest BCUT2D eigenvalue weighted by Gasteiger charge is -2.12. The van der Waals surface area contributed by atoms with Crippen LogP contribution in [-0.4, -0.2) is 17.3 Å². The zero-order valence-electron chi connectivity index (χ0n) is 9.31. The van der Waals surface area contributed by atoms with Crippen LogP contribution in [0.4, 0.5) is 0 Å². The van der Waals surface area contributed by atoms with Crippen LogP contribution >= 0.6 is 11.8 Å². The lowest BCUT2D eigenvalue weighted by atomic mass is 10.1. The van der Waals surface area contributed by atoms with E-state index < -0.39 is 0 Å². The van der Waals surface area contributed by atoms with Gasteiger partial charge < -0.3 is 10.4 Å². The molecule has 0 fully saturated rings. The van der Waals surface area contributed by atoms with Gasteiger partial charge in [-0.1, -0.05) is 12.1 Å². The van der Waals surface area contributed by atoms with Gasteiger partial charge in [0.05, 0.1) is 6.04 Å². The van der Waals surface area contributed by atoms with Gasteiger partial charge in [0.1, 0.15) is 5.75 Å². The molecule has 1 unspecified atom stereocenters. The molecule has 4 heteroatoms. The minimum absolute atomic E-state index is 0.0698. The van der Waals surface area contributed by atoms with Crippen LogP contribution in [0, 0.1) is 0 Å². The van der Waals surface area contributed by atoms with E-state index in [1.807, 2.05) is 13.2 Å². The summed E-state index contributed by atoms with van der Waals surface area (Å²) in [4.78, 5) is 11.4. The predicted octanol–water partition coefficient (Wildman–Crippen LogP) is 2.45. The Bertz CT molecular complexity index is 373. The van der Waals surface area contributed by atoms with E-state index in [1.165, 1.54) is 17.8 Å². The van der Waals surface area contributed by atoms with Crippen LogP contribution in [0.3, 0.4) is 0 Å². The third-order valence-electron chi connectivity index (χ3n) is 2.11. The number of aromatic hydroxyl groups is 1. The summed E-state index contributed by atoms with van der Waals surface area (Å²) in [6.07, 6.45) is 3.40. The molecule has 0 aliphatic carbocycles. The highest BCUT2D eigenvalue weighted by Gasteiger charge is 2.06. The molecule has 0 saturated carbocycles. The highest BCUT2D eigenvalue weighted by molar-refractivity contribution is 8.01. The minimum Gasteiger partial charge on any atom is -0.508 e. The van der Waals surface area contributed by atoms with Crippen molar-refractivity contribution >= 4 is 17.7 Å². The smallest absolute Gasteiger partial charge is 0.244 e. The molecule has 0 bridgehead atoms. The highest BCUT2D eigenvalue weighted by atomic mass is 32.2. The second-order valence-corrected chi connectivity index (χ2v) is 4.10. The number of benzene rings is 1. The first kappa shape index (κ1) is 12.6. The van der Waals surface area contributed by atoms with Crippen molar-refractivity contribution in [3.05, 3.63) is 41.3 Å². The molecule has 0 aliphatic rings. The number of carbonyl (C=O) groups excluding carboxylic acids is 1. The van der Waals surface area contributed by atoms with Gasteiger partial charge in [0.15, 0.2) is 0 Å². The topological polar surface area (TPSA) is 49.3 Å². The fraction of sp³-hybridized carbons (Fsp3) is 0.250. The lowest BCUT2D eigenvalue weighted by Crippen LogP contribution is -2.24. The van der Waals surface area contributed by atoms with Gasteiger partial charge in [0, 0.05) is 6.08 Å². The number of nitrogens with one attached hydrogen (secondary N) is 1. The van der Waals surface area contributed by atoms with Crippen molar-refractivity contribution in [1.82, 2.24) is 5.32 Å². The molecular weight excluding hydrogens is 222 g/mol. The van der Waals surface area contributed by atoms with Crippen molar-refractivity contribution in [2.45, 2.75) is 13.0 Å². The molecule has 3 nitrogen and oxygen atoms in total. The molecule has 1 aromatic carbocycles. The number of phenols is 1. The standard InChI is InChI=1S/C12H15NO2S/c1-9(13-12(15)7-8-16-2)10-3-5-11(14)6-4-10/h3-9,14H,1-2H3,(H,13,15)/b8-7-. The maximum atomic E-state index is 11.4. The summed E-state index contributed by atoms with van der Waals surface area (Å²) in [6, 6.07) is 6.72. The summed E-state index contributed by atoms with van der Waals surface area (Å²) in [6.45, 7) is 1.90. The van der Waals surface area contributed by atoms with Gasteiger partial charge >= 0.3 is 0 Å². The largest absolute Gasteiger partial charge is 0.508 e. The zero-order chi connectivity index (χ0) is 12.0. The highest BCUT2D eigenvalue weighted by Crippen LogP contribution is 2.16. The summed E-state index contributed by atoms with van der Waals surface area (Å²) < 4.78 is 0. The summed E-state index contributed by atoms with van der Waals surface area (Å²) in [7, 11) is 0. The summed E-state index contributed by atoms with van der Waals surface area (Å²) >= 11 is 1.48. The van der Waals surface area contributed by atoms with Gasteiger partial charge in [-0.25, -0.2) is 0 Å². The van der Waals surface area contributed by atoms with Crippen molar-refractivity contribution in [2.24, 2.45) is 0 Å². The molecule has 1 atom stereocenters. The van der Waals surface area contributed by atoms with Crippen LogP contribution in [0.1, 0.15) is 18.5 Å². The Morgan fingerprint density at radius 3 is 2.62 bits per heavy atom. The molecule has 16 heavy (non-hydrogen) atoms. The molecule has 1 aromatic rings. The van der Waals surface area contributed by atoms with E-state index in [0.717, 1.165) is 5.56 Å². The van der Waals surface area contributed by atoms with Crippen molar-refractivity contribution in [3.63, 3.8) is 0 Å². The van der Waals surface area contributed by atoms with E-state index in [0.29, 0.717) is 0 Å². The number of hydrogen-bond acceptors (Lipinski definition) is 3. The zero-order valence-corrected chi connectivity index (χ0v) is 10.1. The molecule has 2 N–H and O–H groups in total. The van der Waals surface area contributed by atoms with E-state index in [2.05, 4.69) is 5.32 Å². The predicted molar refractivity (Wildman–Crippen MR) is 67.3 cm³/mol. The lowest BCUT2D eigenvalue weighted by molar-refractivity contribution is -0.117. The van der Waals surface area contributed by atoms with Gasteiger partial charge in [-0.05, 0) is 36.3 Å². The first-order valence-electron chi connectivity index (χ1n) is 4.92. The quantitative estimate of drug-likeness (QED) is 0.791. The second-order valence-electron chi connectivity index (χ2n) is 3.36. The van der Waals surface area contributed by atoms with Crippen LogP contribution < -0.4 is 5.32 Å².